The number of hydrogen-bond acceptors (Lipinski definition) is 3. The maximum Gasteiger partial charge on any atom is 0.238 e. The highest BCUT2D eigenvalue weighted by Gasteiger charge is 2.38. The van der Waals surface area contributed by atoms with E-state index in [0.29, 0.717) is 35.1 Å². The Labute approximate surface area is 149 Å². The fraction of sp³-hybridized carbons (Fsp3) is 0.588. The monoisotopic (exact) mass is 357 g/mol. The Morgan fingerprint density at radius 3 is 2.87 bits per heavy atom. The summed E-state index contributed by atoms with van der Waals surface area (Å²) in [6.45, 7) is 4.34. The van der Waals surface area contributed by atoms with Gasteiger partial charge in [-0.3, -0.25) is 9.69 Å². The Kier molecular flexibility index (Phi) is 6.32. The zero-order valence-electron chi connectivity index (χ0n) is 13.4. The molecule has 0 radical (unpaired) electrons. The van der Waals surface area contributed by atoms with Crippen molar-refractivity contribution in [2.75, 3.05) is 25.0 Å². The third-order valence-electron chi connectivity index (χ3n) is 5.00. The minimum absolute atomic E-state index is 0. The summed E-state index contributed by atoms with van der Waals surface area (Å²) in [5.74, 6) is 1.22. The summed E-state index contributed by atoms with van der Waals surface area (Å²) in [5.41, 5.74) is 8.00. The molecule has 1 aliphatic heterocycles. The van der Waals surface area contributed by atoms with E-state index in [1.165, 1.54) is 12.8 Å². The number of rotatable bonds is 3. The van der Waals surface area contributed by atoms with Gasteiger partial charge in [-0.15, -0.1) is 12.4 Å². The van der Waals surface area contributed by atoms with Gasteiger partial charge in [0, 0.05) is 19.1 Å². The SMILES string of the molecule is Cc1ccc(NC(=O)CN2CC3CCCC(N)C3C2)c(Cl)c1.Cl. The first-order valence-electron chi connectivity index (χ1n) is 8.07. The fourth-order valence-corrected chi connectivity index (χ4v) is 4.13. The first-order valence-corrected chi connectivity index (χ1v) is 8.44. The Morgan fingerprint density at radius 2 is 2.17 bits per heavy atom. The number of fused-ring (bicyclic) bond motifs is 1. The molecular formula is C17H25Cl2N3O. The maximum absolute atomic E-state index is 12.3. The van der Waals surface area contributed by atoms with Crippen molar-refractivity contribution in [1.29, 1.82) is 0 Å². The van der Waals surface area contributed by atoms with Crippen molar-refractivity contribution in [2.45, 2.75) is 32.2 Å². The van der Waals surface area contributed by atoms with E-state index in [9.17, 15) is 4.79 Å². The van der Waals surface area contributed by atoms with Gasteiger partial charge < -0.3 is 11.1 Å². The molecule has 1 saturated heterocycles. The molecule has 1 saturated carbocycles. The van der Waals surface area contributed by atoms with Crippen LogP contribution in [0.5, 0.6) is 0 Å². The van der Waals surface area contributed by atoms with Gasteiger partial charge in [0.1, 0.15) is 0 Å². The summed E-state index contributed by atoms with van der Waals surface area (Å²) in [4.78, 5) is 14.5. The van der Waals surface area contributed by atoms with Crippen molar-refractivity contribution in [2.24, 2.45) is 17.6 Å². The molecule has 1 aromatic rings. The van der Waals surface area contributed by atoms with Gasteiger partial charge in [0.05, 0.1) is 17.3 Å². The number of carbonyl (C=O) groups excluding carboxylic acids is 1. The molecule has 3 atom stereocenters. The van der Waals surface area contributed by atoms with Gasteiger partial charge in [-0.25, -0.2) is 0 Å². The fourth-order valence-electron chi connectivity index (χ4n) is 3.85. The van der Waals surface area contributed by atoms with Crippen LogP contribution >= 0.6 is 24.0 Å². The van der Waals surface area contributed by atoms with Crippen molar-refractivity contribution in [1.82, 2.24) is 4.90 Å². The molecule has 2 fully saturated rings. The lowest BCUT2D eigenvalue weighted by Crippen LogP contribution is -2.38. The number of nitrogens with one attached hydrogen (secondary N) is 1. The van der Waals surface area contributed by atoms with Gasteiger partial charge in [-0.1, -0.05) is 24.1 Å². The molecule has 0 bridgehead atoms. The molecule has 0 spiro atoms. The Morgan fingerprint density at radius 1 is 1.39 bits per heavy atom. The molecule has 1 aromatic carbocycles. The number of nitrogens with two attached hydrogens (primary N) is 1. The quantitative estimate of drug-likeness (QED) is 0.873. The molecule has 1 aliphatic carbocycles. The van der Waals surface area contributed by atoms with Crippen LogP contribution in [0.15, 0.2) is 18.2 Å². The second-order valence-corrected chi connectivity index (χ2v) is 7.15. The van der Waals surface area contributed by atoms with E-state index in [0.717, 1.165) is 25.1 Å². The van der Waals surface area contributed by atoms with Gasteiger partial charge in [0.2, 0.25) is 5.91 Å². The molecular weight excluding hydrogens is 333 g/mol. The summed E-state index contributed by atoms with van der Waals surface area (Å²) in [6, 6.07) is 5.97. The number of nitrogens with zero attached hydrogens (tertiary/aromatic N) is 1. The van der Waals surface area contributed by atoms with Crippen LogP contribution in [0.2, 0.25) is 5.02 Å². The standard InChI is InChI=1S/C17H24ClN3O.ClH/c1-11-5-6-16(14(18)7-11)20-17(22)10-21-8-12-3-2-4-15(19)13(12)9-21;/h5-7,12-13,15H,2-4,8-10,19H2,1H3,(H,20,22);1H. The van der Waals surface area contributed by atoms with E-state index in [4.69, 9.17) is 17.3 Å². The number of benzene rings is 1. The van der Waals surface area contributed by atoms with Gasteiger partial charge in [-0.05, 0) is 49.3 Å². The van der Waals surface area contributed by atoms with Crippen LogP contribution in [0.1, 0.15) is 24.8 Å². The normalized spacial score (nSPS) is 27.2. The van der Waals surface area contributed by atoms with E-state index in [2.05, 4.69) is 10.2 Å². The van der Waals surface area contributed by atoms with Gasteiger partial charge in [0.25, 0.3) is 0 Å². The molecule has 3 N–H and O–H groups in total. The molecule has 1 heterocycles. The molecule has 6 heteroatoms. The van der Waals surface area contributed by atoms with Crippen molar-refractivity contribution in [3.8, 4) is 0 Å². The summed E-state index contributed by atoms with van der Waals surface area (Å²) < 4.78 is 0. The highest BCUT2D eigenvalue weighted by Crippen LogP contribution is 2.35. The van der Waals surface area contributed by atoms with E-state index in [1.54, 1.807) is 0 Å². The second-order valence-electron chi connectivity index (χ2n) is 6.74. The summed E-state index contributed by atoms with van der Waals surface area (Å²) in [6.07, 6.45) is 3.60. The van der Waals surface area contributed by atoms with Crippen molar-refractivity contribution in [3.05, 3.63) is 28.8 Å². The van der Waals surface area contributed by atoms with Crippen LogP contribution in [-0.2, 0) is 4.79 Å². The van der Waals surface area contributed by atoms with Crippen LogP contribution in [0.4, 0.5) is 5.69 Å². The molecule has 0 aromatic heterocycles. The van der Waals surface area contributed by atoms with Gasteiger partial charge in [-0.2, -0.15) is 0 Å². The number of anilines is 1. The predicted octanol–water partition coefficient (Wildman–Crippen LogP) is 3.07. The molecule has 3 rings (SSSR count). The van der Waals surface area contributed by atoms with E-state index >= 15 is 0 Å². The summed E-state index contributed by atoms with van der Waals surface area (Å²) >= 11 is 6.16. The number of amides is 1. The van der Waals surface area contributed by atoms with E-state index in [1.807, 2.05) is 25.1 Å². The second kappa shape index (κ2) is 7.84. The van der Waals surface area contributed by atoms with Crippen LogP contribution in [-0.4, -0.2) is 36.5 Å². The van der Waals surface area contributed by atoms with Crippen molar-refractivity contribution in [3.63, 3.8) is 0 Å². The summed E-state index contributed by atoms with van der Waals surface area (Å²) in [7, 11) is 0. The third kappa shape index (κ3) is 4.38. The van der Waals surface area contributed by atoms with Crippen LogP contribution in [0, 0.1) is 18.8 Å². The van der Waals surface area contributed by atoms with Gasteiger partial charge >= 0.3 is 0 Å². The number of carbonyl (C=O) groups is 1. The predicted molar refractivity (Wildman–Crippen MR) is 97.3 cm³/mol. The molecule has 128 valence electrons. The number of halogens is 2. The Bertz CT molecular complexity index is 567. The number of hydrogen-bond donors (Lipinski definition) is 2. The Hall–Kier alpha value is -0.810. The summed E-state index contributed by atoms with van der Waals surface area (Å²) in [5, 5.41) is 3.50. The molecule has 2 aliphatic rings. The topological polar surface area (TPSA) is 58.4 Å². The molecule has 1 amide bonds. The first-order chi connectivity index (χ1) is 10.5. The minimum atomic E-state index is -0.00188. The molecule has 3 unspecified atom stereocenters. The smallest absolute Gasteiger partial charge is 0.238 e. The lowest BCUT2D eigenvalue weighted by Gasteiger charge is -2.29. The van der Waals surface area contributed by atoms with Crippen LogP contribution < -0.4 is 11.1 Å². The van der Waals surface area contributed by atoms with Gasteiger partial charge in [0.15, 0.2) is 0 Å². The third-order valence-corrected chi connectivity index (χ3v) is 5.31. The average Bonchev–Trinajstić information content (AvgIpc) is 2.86. The lowest BCUT2D eigenvalue weighted by atomic mass is 9.78. The number of aryl methyl sites for hydroxylation is 1. The zero-order chi connectivity index (χ0) is 15.7. The van der Waals surface area contributed by atoms with E-state index in [-0.39, 0.29) is 18.3 Å². The highest BCUT2D eigenvalue weighted by molar-refractivity contribution is 6.33. The van der Waals surface area contributed by atoms with Crippen LogP contribution in [0.25, 0.3) is 0 Å². The van der Waals surface area contributed by atoms with Crippen molar-refractivity contribution < 1.29 is 4.79 Å². The van der Waals surface area contributed by atoms with Crippen molar-refractivity contribution >= 4 is 35.6 Å². The largest absolute Gasteiger partial charge is 0.327 e. The zero-order valence-corrected chi connectivity index (χ0v) is 15.0. The highest BCUT2D eigenvalue weighted by atomic mass is 35.5. The Balaban J connectivity index is 0.00000192. The van der Waals surface area contributed by atoms with E-state index < -0.39 is 0 Å². The molecule has 23 heavy (non-hydrogen) atoms. The average molecular weight is 358 g/mol. The first kappa shape index (κ1) is 18.5. The van der Waals surface area contributed by atoms with Crippen LogP contribution in [0.3, 0.4) is 0 Å². The molecule has 4 nitrogen and oxygen atoms in total. The maximum atomic E-state index is 12.3. The minimum Gasteiger partial charge on any atom is -0.327 e. The lowest BCUT2D eigenvalue weighted by molar-refractivity contribution is -0.117. The number of likely N-dealkylation sites (tertiary alicyclic amines) is 1.